The van der Waals surface area contributed by atoms with Crippen molar-refractivity contribution in [2.24, 2.45) is 17.6 Å². The van der Waals surface area contributed by atoms with E-state index in [-0.39, 0.29) is 21.6 Å². The van der Waals surface area contributed by atoms with Crippen LogP contribution in [0, 0.1) is 25.7 Å². The van der Waals surface area contributed by atoms with Gasteiger partial charge in [0.25, 0.3) is 5.62 Å². The molecule has 3 unspecified atom stereocenters. The molecule has 39 heavy (non-hydrogen) atoms. The van der Waals surface area contributed by atoms with Crippen molar-refractivity contribution < 1.29 is 21.7 Å². The second kappa shape index (κ2) is 12.4. The molecule has 0 amide bonds. The number of hydrogen-bond acceptors (Lipinski definition) is 6. The SMILES string of the molecule is Cc1ccc(S(=O)(=O)N(C(C2CCCCC2)C(N)C2CCCCC2)P(O)(=S)S(=O)(=O)c2ccc(C)cc2)cc1. The molecular formula is C28H41N2O5PS3. The molecule has 3 atom stereocenters. The Kier molecular flexibility index (Phi) is 9.79. The molecule has 11 heteroatoms. The maximum atomic E-state index is 14.5. The van der Waals surface area contributed by atoms with Gasteiger partial charge in [0.2, 0.25) is 19.5 Å². The van der Waals surface area contributed by atoms with Gasteiger partial charge in [0.15, 0.2) is 0 Å². The maximum absolute atomic E-state index is 14.5. The lowest BCUT2D eigenvalue weighted by Gasteiger charge is -2.46. The van der Waals surface area contributed by atoms with Crippen LogP contribution in [0.25, 0.3) is 0 Å². The summed E-state index contributed by atoms with van der Waals surface area (Å²) in [6.07, 6.45) is 9.04. The first-order valence-corrected chi connectivity index (χ1v) is 20.1. The molecule has 2 fully saturated rings. The first-order valence-electron chi connectivity index (χ1n) is 13.9. The van der Waals surface area contributed by atoms with Gasteiger partial charge in [-0.3, -0.25) is 0 Å². The van der Waals surface area contributed by atoms with Crippen LogP contribution in [0.5, 0.6) is 0 Å². The summed E-state index contributed by atoms with van der Waals surface area (Å²) in [5.74, 6) is -0.169. The summed E-state index contributed by atoms with van der Waals surface area (Å²) in [6, 6.07) is 10.7. The van der Waals surface area contributed by atoms with Crippen LogP contribution in [0.4, 0.5) is 0 Å². The van der Waals surface area contributed by atoms with Crippen LogP contribution in [-0.4, -0.2) is 37.9 Å². The first-order chi connectivity index (χ1) is 18.4. The molecule has 3 N–H and O–H groups in total. The van der Waals surface area contributed by atoms with E-state index in [1.54, 1.807) is 24.3 Å². The number of nitrogens with zero attached hydrogens (tertiary/aromatic N) is 1. The fourth-order valence-electron chi connectivity index (χ4n) is 6.15. The average molecular weight is 613 g/mol. The summed E-state index contributed by atoms with van der Waals surface area (Å²) in [5.41, 5.74) is 3.88. The zero-order valence-corrected chi connectivity index (χ0v) is 26.1. The minimum absolute atomic E-state index is 0.0264. The van der Waals surface area contributed by atoms with Gasteiger partial charge < -0.3 is 10.6 Å². The molecule has 0 spiro atoms. The number of hydrogen-bond donors (Lipinski definition) is 2. The third-order valence-corrected chi connectivity index (χ3v) is 19.6. The van der Waals surface area contributed by atoms with Crippen molar-refractivity contribution in [2.45, 2.75) is 99.9 Å². The van der Waals surface area contributed by atoms with Gasteiger partial charge in [-0.05, 0) is 87.4 Å². The topological polar surface area (TPSA) is 118 Å². The van der Waals surface area contributed by atoms with Crippen molar-refractivity contribution in [3.05, 3.63) is 59.7 Å². The lowest BCUT2D eigenvalue weighted by atomic mass is 9.75. The molecule has 2 aliphatic rings. The van der Waals surface area contributed by atoms with Crippen molar-refractivity contribution in [1.29, 1.82) is 0 Å². The number of rotatable bonds is 9. The van der Waals surface area contributed by atoms with Gasteiger partial charge in [-0.25, -0.2) is 16.8 Å². The van der Waals surface area contributed by atoms with E-state index in [4.69, 9.17) is 17.5 Å². The van der Waals surface area contributed by atoms with Crippen molar-refractivity contribution in [2.75, 3.05) is 0 Å². The zero-order chi connectivity index (χ0) is 28.4. The molecule has 0 radical (unpaired) electrons. The lowest BCUT2D eigenvalue weighted by Crippen LogP contribution is -2.56. The molecule has 0 aromatic heterocycles. The Morgan fingerprint density at radius 2 is 1.18 bits per heavy atom. The van der Waals surface area contributed by atoms with E-state index in [1.807, 2.05) is 13.8 Å². The van der Waals surface area contributed by atoms with Crippen LogP contribution in [0.3, 0.4) is 0 Å². The monoisotopic (exact) mass is 612 g/mol. The molecule has 0 aliphatic heterocycles. The quantitative estimate of drug-likeness (QED) is 0.342. The van der Waals surface area contributed by atoms with E-state index in [0.717, 1.165) is 66.6 Å². The van der Waals surface area contributed by atoms with E-state index in [0.29, 0.717) is 12.8 Å². The van der Waals surface area contributed by atoms with Crippen LogP contribution in [0.1, 0.15) is 75.3 Å². The molecular weight excluding hydrogens is 571 g/mol. The molecule has 2 aromatic rings. The van der Waals surface area contributed by atoms with Crippen LogP contribution in [-0.2, 0) is 31.3 Å². The highest BCUT2D eigenvalue weighted by molar-refractivity contribution is 8.65. The molecule has 2 aromatic carbocycles. The number of sulfonamides is 1. The van der Waals surface area contributed by atoms with E-state index >= 15 is 0 Å². The number of nitrogens with two attached hydrogens (primary N) is 1. The third-order valence-electron chi connectivity index (χ3n) is 8.42. The number of aryl methyl sites for hydroxylation is 2. The predicted octanol–water partition coefficient (Wildman–Crippen LogP) is 5.84. The zero-order valence-electron chi connectivity index (χ0n) is 22.8. The second-order valence-corrected chi connectivity index (χ2v) is 21.3. The summed E-state index contributed by atoms with van der Waals surface area (Å²) >= 11 is 5.63. The first kappa shape index (κ1) is 30.8. The van der Waals surface area contributed by atoms with Crippen LogP contribution in [0.15, 0.2) is 58.3 Å². The maximum Gasteiger partial charge on any atom is 0.264 e. The highest BCUT2D eigenvalue weighted by atomic mass is 32.9. The van der Waals surface area contributed by atoms with E-state index in [9.17, 15) is 21.7 Å². The second-order valence-electron chi connectivity index (χ2n) is 11.2. The summed E-state index contributed by atoms with van der Waals surface area (Å²) in [7, 11) is -9.17. The molecule has 0 saturated heterocycles. The van der Waals surface area contributed by atoms with Crippen molar-refractivity contribution >= 4 is 36.9 Å². The normalized spacial score (nSPS) is 21.4. The van der Waals surface area contributed by atoms with Gasteiger partial charge >= 0.3 is 0 Å². The van der Waals surface area contributed by atoms with Gasteiger partial charge in [0.1, 0.15) is 0 Å². The Morgan fingerprint density at radius 1 is 0.769 bits per heavy atom. The smallest absolute Gasteiger partial charge is 0.264 e. The summed E-state index contributed by atoms with van der Waals surface area (Å²) < 4.78 is 58.0. The van der Waals surface area contributed by atoms with Gasteiger partial charge in [-0.2, -0.15) is 0 Å². The predicted molar refractivity (Wildman–Crippen MR) is 160 cm³/mol. The van der Waals surface area contributed by atoms with E-state index < -0.39 is 37.2 Å². The van der Waals surface area contributed by atoms with E-state index in [2.05, 4.69) is 0 Å². The molecule has 2 aliphatic carbocycles. The third kappa shape index (κ3) is 6.37. The minimum atomic E-state index is -4.80. The lowest BCUT2D eigenvalue weighted by molar-refractivity contribution is 0.162. The molecule has 0 bridgehead atoms. The minimum Gasteiger partial charge on any atom is -0.342 e. The molecule has 7 nitrogen and oxygen atoms in total. The molecule has 4 rings (SSSR count). The van der Waals surface area contributed by atoms with Gasteiger partial charge in [0.05, 0.1) is 15.8 Å². The Labute approximate surface area is 239 Å². The van der Waals surface area contributed by atoms with Crippen molar-refractivity contribution in [3.63, 3.8) is 0 Å². The highest BCUT2D eigenvalue weighted by Crippen LogP contribution is 2.60. The van der Waals surface area contributed by atoms with Crippen LogP contribution in [0.2, 0.25) is 0 Å². The van der Waals surface area contributed by atoms with E-state index in [1.165, 1.54) is 24.3 Å². The number of benzene rings is 2. The Hall–Kier alpha value is -1.13. The Morgan fingerprint density at radius 3 is 1.64 bits per heavy atom. The molecule has 2 saturated carbocycles. The fourth-order valence-corrected chi connectivity index (χ4v) is 16.1. The highest BCUT2D eigenvalue weighted by Gasteiger charge is 2.53. The summed E-state index contributed by atoms with van der Waals surface area (Å²) in [4.78, 5) is 11.8. The Bertz CT molecular complexity index is 1380. The average Bonchev–Trinajstić information content (AvgIpc) is 2.92. The molecule has 216 valence electrons. The van der Waals surface area contributed by atoms with Crippen LogP contribution < -0.4 is 5.73 Å². The van der Waals surface area contributed by atoms with Gasteiger partial charge in [-0.1, -0.05) is 73.9 Å². The standard InChI is InChI=1S/C28H41N2O5PS3/c1-21-13-17-25(18-14-21)38(32,33)30(36(31,37)39(34,35)26-19-15-22(2)16-20-26)28(24-11-7-4-8-12-24)27(29)23-9-5-3-6-10-23/h13-20,23-24,27-28H,3-12,29H2,1-2H3,(H,31,37). The Balaban J connectivity index is 1.94. The summed E-state index contributed by atoms with van der Waals surface area (Å²) in [6.45, 7) is 3.66. The largest absolute Gasteiger partial charge is 0.342 e. The molecule has 0 heterocycles. The van der Waals surface area contributed by atoms with Gasteiger partial charge in [0, 0.05) is 6.04 Å². The van der Waals surface area contributed by atoms with Crippen molar-refractivity contribution in [1.82, 2.24) is 4.08 Å². The van der Waals surface area contributed by atoms with Gasteiger partial charge in [-0.15, -0.1) is 4.08 Å². The van der Waals surface area contributed by atoms with Crippen molar-refractivity contribution in [3.8, 4) is 0 Å². The fraction of sp³-hybridized carbons (Fsp3) is 0.571. The summed E-state index contributed by atoms with van der Waals surface area (Å²) in [5, 5.41) is 0. The van der Waals surface area contributed by atoms with Crippen LogP contribution >= 0.6 is 5.62 Å².